The smallest absolute Gasteiger partial charge is 0.272 e. The molecule has 9 heteroatoms. The molecule has 1 aliphatic heterocycles. The number of fused-ring (bicyclic) bond motifs is 1. The zero-order valence-electron chi connectivity index (χ0n) is 20.0. The Kier molecular flexibility index (Phi) is 5.19. The van der Waals surface area contributed by atoms with Crippen molar-refractivity contribution in [2.45, 2.75) is 39.4 Å². The summed E-state index contributed by atoms with van der Waals surface area (Å²) in [4.78, 5) is 15.2. The zero-order valence-corrected chi connectivity index (χ0v) is 20.0. The van der Waals surface area contributed by atoms with E-state index in [9.17, 15) is 4.79 Å². The van der Waals surface area contributed by atoms with Crippen molar-refractivity contribution < 1.29 is 14.3 Å². The van der Waals surface area contributed by atoms with Crippen LogP contribution in [0.25, 0.3) is 17.1 Å². The molecule has 0 atom stereocenters. The number of aromatic amines is 1. The molecule has 4 aromatic rings. The number of nitrogens with one attached hydrogen (secondary N) is 1. The van der Waals surface area contributed by atoms with Crippen molar-refractivity contribution in [2.75, 3.05) is 14.2 Å². The van der Waals surface area contributed by atoms with Crippen LogP contribution in [-0.2, 0) is 18.6 Å². The average Bonchev–Trinajstić information content (AvgIpc) is 3.60. The van der Waals surface area contributed by atoms with Crippen LogP contribution in [0.2, 0.25) is 0 Å². The van der Waals surface area contributed by atoms with Gasteiger partial charge in [0.25, 0.3) is 5.91 Å². The van der Waals surface area contributed by atoms with E-state index in [0.29, 0.717) is 36.0 Å². The molecule has 5 rings (SSSR count). The first-order valence-corrected chi connectivity index (χ1v) is 11.1. The molecule has 34 heavy (non-hydrogen) atoms. The van der Waals surface area contributed by atoms with E-state index in [-0.39, 0.29) is 11.4 Å². The second-order valence-corrected chi connectivity index (χ2v) is 9.32. The standard InChI is InChI=1S/C25H28N6O3/c1-25(2,3)31-23(29-10-6-7-11-29)18-14-30(15-21(18)28-31)24(32)20-13-19(26-27-20)17-12-16(33-4)8-9-22(17)34-5/h6-13H,14-15H2,1-5H3,(H,26,27). The maximum absolute atomic E-state index is 13.4. The van der Waals surface area contributed by atoms with Crippen molar-refractivity contribution >= 4 is 5.91 Å². The highest BCUT2D eigenvalue weighted by atomic mass is 16.5. The van der Waals surface area contributed by atoms with E-state index in [1.54, 1.807) is 25.2 Å². The molecule has 0 aliphatic carbocycles. The number of aromatic nitrogens is 5. The lowest BCUT2D eigenvalue weighted by Gasteiger charge is -2.24. The first kappa shape index (κ1) is 21.8. The third-order valence-electron chi connectivity index (χ3n) is 5.99. The summed E-state index contributed by atoms with van der Waals surface area (Å²) in [6.07, 6.45) is 4.01. The van der Waals surface area contributed by atoms with E-state index in [4.69, 9.17) is 14.6 Å². The minimum Gasteiger partial charge on any atom is -0.497 e. The third kappa shape index (κ3) is 3.63. The third-order valence-corrected chi connectivity index (χ3v) is 5.99. The van der Waals surface area contributed by atoms with Gasteiger partial charge in [0.1, 0.15) is 23.0 Å². The van der Waals surface area contributed by atoms with Crippen molar-refractivity contribution in [2.24, 2.45) is 0 Å². The predicted molar refractivity (Wildman–Crippen MR) is 127 cm³/mol. The fourth-order valence-electron chi connectivity index (χ4n) is 4.31. The summed E-state index contributed by atoms with van der Waals surface area (Å²) >= 11 is 0. The summed E-state index contributed by atoms with van der Waals surface area (Å²) in [6, 6.07) is 11.2. The molecule has 0 bridgehead atoms. The molecule has 3 aromatic heterocycles. The summed E-state index contributed by atoms with van der Waals surface area (Å²) in [5.74, 6) is 2.21. The summed E-state index contributed by atoms with van der Waals surface area (Å²) in [5, 5.41) is 12.2. The minimum atomic E-state index is -0.188. The number of carbonyl (C=O) groups is 1. The van der Waals surface area contributed by atoms with E-state index in [0.717, 1.165) is 22.6 Å². The second-order valence-electron chi connectivity index (χ2n) is 9.32. The van der Waals surface area contributed by atoms with Crippen LogP contribution in [-0.4, -0.2) is 49.6 Å². The van der Waals surface area contributed by atoms with Crippen molar-refractivity contribution in [3.05, 3.63) is 65.7 Å². The lowest BCUT2D eigenvalue weighted by atomic mass is 10.1. The number of amides is 1. The van der Waals surface area contributed by atoms with Crippen LogP contribution in [0.15, 0.2) is 48.8 Å². The van der Waals surface area contributed by atoms with E-state index in [1.165, 1.54) is 0 Å². The molecule has 0 saturated carbocycles. The van der Waals surface area contributed by atoms with Gasteiger partial charge in [-0.3, -0.25) is 9.89 Å². The summed E-state index contributed by atoms with van der Waals surface area (Å²) in [7, 11) is 3.21. The Morgan fingerprint density at radius 2 is 1.82 bits per heavy atom. The van der Waals surface area contributed by atoms with Crippen molar-refractivity contribution in [3.63, 3.8) is 0 Å². The van der Waals surface area contributed by atoms with Gasteiger partial charge in [-0.1, -0.05) is 0 Å². The molecule has 1 N–H and O–H groups in total. The van der Waals surface area contributed by atoms with Crippen LogP contribution in [0, 0.1) is 0 Å². The maximum atomic E-state index is 13.4. The van der Waals surface area contributed by atoms with Crippen molar-refractivity contribution in [1.82, 2.24) is 29.4 Å². The molecule has 0 unspecified atom stereocenters. The zero-order chi connectivity index (χ0) is 24.0. The SMILES string of the molecule is COc1ccc(OC)c(-c2cc(C(=O)N3Cc4nn(C(C)(C)C)c(-n5cccc5)c4C3)[nH]n2)c1. The number of ether oxygens (including phenoxy) is 2. The Hall–Kier alpha value is -4.01. The molecule has 1 aromatic carbocycles. The summed E-state index contributed by atoms with van der Waals surface area (Å²) in [6.45, 7) is 7.31. The Morgan fingerprint density at radius 3 is 2.50 bits per heavy atom. The van der Waals surface area contributed by atoms with E-state index in [2.05, 4.69) is 35.5 Å². The summed E-state index contributed by atoms with van der Waals surface area (Å²) in [5.41, 5.74) is 3.57. The van der Waals surface area contributed by atoms with Gasteiger partial charge < -0.3 is 18.9 Å². The van der Waals surface area contributed by atoms with Crippen LogP contribution in [0.5, 0.6) is 11.5 Å². The van der Waals surface area contributed by atoms with Crippen LogP contribution >= 0.6 is 0 Å². The van der Waals surface area contributed by atoms with Gasteiger partial charge in [-0.25, -0.2) is 4.68 Å². The van der Waals surface area contributed by atoms with Gasteiger partial charge in [0.2, 0.25) is 0 Å². The lowest BCUT2D eigenvalue weighted by Crippen LogP contribution is -2.29. The summed E-state index contributed by atoms with van der Waals surface area (Å²) < 4.78 is 14.9. The molecule has 0 spiro atoms. The highest BCUT2D eigenvalue weighted by Gasteiger charge is 2.34. The number of hydrogen-bond acceptors (Lipinski definition) is 5. The number of methoxy groups -OCH3 is 2. The Balaban J connectivity index is 1.44. The van der Waals surface area contributed by atoms with Gasteiger partial charge in [0.05, 0.1) is 44.2 Å². The molecule has 0 fully saturated rings. The predicted octanol–water partition coefficient (Wildman–Crippen LogP) is 3.99. The van der Waals surface area contributed by atoms with E-state index >= 15 is 0 Å². The van der Waals surface area contributed by atoms with Gasteiger partial charge >= 0.3 is 0 Å². The van der Waals surface area contributed by atoms with Crippen molar-refractivity contribution in [1.29, 1.82) is 0 Å². The van der Waals surface area contributed by atoms with Gasteiger partial charge in [0.15, 0.2) is 0 Å². The number of benzene rings is 1. The van der Waals surface area contributed by atoms with Crippen molar-refractivity contribution in [3.8, 4) is 28.6 Å². The van der Waals surface area contributed by atoms with Crippen LogP contribution in [0.3, 0.4) is 0 Å². The normalized spacial score (nSPS) is 13.3. The first-order valence-electron chi connectivity index (χ1n) is 11.1. The number of rotatable bonds is 5. The molecule has 176 valence electrons. The monoisotopic (exact) mass is 460 g/mol. The number of nitrogens with zero attached hydrogens (tertiary/aromatic N) is 5. The number of H-pyrrole nitrogens is 1. The minimum absolute atomic E-state index is 0.126. The highest BCUT2D eigenvalue weighted by molar-refractivity contribution is 5.94. The van der Waals surface area contributed by atoms with Crippen LogP contribution in [0.1, 0.15) is 42.5 Å². The van der Waals surface area contributed by atoms with Gasteiger partial charge in [-0.05, 0) is 57.2 Å². The Labute approximate surface area is 197 Å². The highest BCUT2D eigenvalue weighted by Crippen LogP contribution is 2.35. The molecule has 0 radical (unpaired) electrons. The van der Waals surface area contributed by atoms with Gasteiger partial charge in [-0.2, -0.15) is 10.2 Å². The molecule has 9 nitrogen and oxygen atoms in total. The largest absolute Gasteiger partial charge is 0.497 e. The quantitative estimate of drug-likeness (QED) is 0.486. The number of carbonyl (C=O) groups excluding carboxylic acids is 1. The molecule has 1 amide bonds. The van der Waals surface area contributed by atoms with Crippen LogP contribution < -0.4 is 9.47 Å². The van der Waals surface area contributed by atoms with Crippen LogP contribution in [0.4, 0.5) is 0 Å². The first-order chi connectivity index (χ1) is 16.3. The topological polar surface area (TPSA) is 90.2 Å². The average molecular weight is 461 g/mol. The Morgan fingerprint density at radius 1 is 1.06 bits per heavy atom. The van der Waals surface area contributed by atoms with Gasteiger partial charge in [-0.15, -0.1) is 0 Å². The van der Waals surface area contributed by atoms with Gasteiger partial charge in [0, 0.05) is 23.5 Å². The fraction of sp³-hybridized carbons (Fsp3) is 0.320. The number of hydrogen-bond donors (Lipinski definition) is 1. The van der Waals surface area contributed by atoms with E-state index < -0.39 is 0 Å². The molecule has 0 saturated heterocycles. The molecule has 1 aliphatic rings. The lowest BCUT2D eigenvalue weighted by molar-refractivity contribution is 0.0742. The molecular formula is C25H28N6O3. The van der Waals surface area contributed by atoms with E-state index in [1.807, 2.05) is 47.4 Å². The second kappa shape index (κ2) is 8.09. The molecule has 4 heterocycles. The Bertz CT molecular complexity index is 1340. The molecular weight excluding hydrogens is 432 g/mol. The maximum Gasteiger partial charge on any atom is 0.272 e. The fourth-order valence-corrected chi connectivity index (χ4v) is 4.31.